The molecule has 2 rings (SSSR count). The number of hydrogen-bond acceptors (Lipinski definition) is 2. The fourth-order valence-electron chi connectivity index (χ4n) is 4.05. The van der Waals surface area contributed by atoms with Crippen molar-refractivity contribution in [2.75, 3.05) is 0 Å². The Bertz CT molecular complexity index is 446. The summed E-state index contributed by atoms with van der Waals surface area (Å²) in [5, 5.41) is 19.9. The van der Waals surface area contributed by atoms with Gasteiger partial charge in [-0.2, -0.15) is 0 Å². The molecule has 1 fully saturated rings. The molecule has 0 aromatic carbocycles. The molecule has 1 unspecified atom stereocenters. The van der Waals surface area contributed by atoms with Crippen LogP contribution in [0.25, 0.3) is 0 Å². The van der Waals surface area contributed by atoms with Crippen LogP contribution in [0.15, 0.2) is 11.6 Å². The number of allylic oxidation sites excluding steroid dienone is 2. The van der Waals surface area contributed by atoms with E-state index in [2.05, 4.69) is 31.8 Å². The van der Waals surface area contributed by atoms with Crippen molar-refractivity contribution in [1.82, 2.24) is 0 Å². The SMILES string of the molecule is CC(CC#CC(C)(C)O)C1=CC[C@H]2[C@@H](O)CCC[C@]12C. The van der Waals surface area contributed by atoms with Crippen LogP contribution < -0.4 is 0 Å². The standard InChI is InChI=1S/C18H28O2/c1-13(7-5-11-17(2,3)20)14-9-10-15-16(19)8-6-12-18(14,15)4/h9,13,15-16,19-20H,6-8,10,12H2,1-4H3/t13?,15-,16-,18+/m0/s1. The Kier molecular flexibility index (Phi) is 4.33. The van der Waals surface area contributed by atoms with Gasteiger partial charge in [-0.05, 0) is 56.8 Å². The number of rotatable bonds is 2. The zero-order chi connectivity index (χ0) is 15.0. The van der Waals surface area contributed by atoms with Gasteiger partial charge >= 0.3 is 0 Å². The molecule has 4 atom stereocenters. The molecule has 1 saturated carbocycles. The third-order valence-corrected chi connectivity index (χ3v) is 5.06. The summed E-state index contributed by atoms with van der Waals surface area (Å²) in [4.78, 5) is 0. The Balaban J connectivity index is 2.07. The van der Waals surface area contributed by atoms with Gasteiger partial charge in [-0.3, -0.25) is 0 Å². The lowest BCUT2D eigenvalue weighted by atomic mass is 9.63. The van der Waals surface area contributed by atoms with E-state index < -0.39 is 5.60 Å². The number of aliphatic hydroxyl groups is 2. The fraction of sp³-hybridized carbons (Fsp3) is 0.778. The monoisotopic (exact) mass is 276 g/mol. The molecule has 0 aromatic rings. The van der Waals surface area contributed by atoms with E-state index in [1.807, 2.05) is 0 Å². The van der Waals surface area contributed by atoms with Gasteiger partial charge in [0.25, 0.3) is 0 Å². The first kappa shape index (κ1) is 15.6. The smallest absolute Gasteiger partial charge is 0.119 e. The largest absolute Gasteiger partial charge is 0.393 e. The van der Waals surface area contributed by atoms with Crippen LogP contribution in [0.3, 0.4) is 0 Å². The minimum absolute atomic E-state index is 0.142. The molecule has 0 aromatic heterocycles. The molecule has 0 spiro atoms. The van der Waals surface area contributed by atoms with Crippen molar-refractivity contribution in [2.45, 2.75) is 71.5 Å². The molecule has 0 heterocycles. The minimum atomic E-state index is -0.906. The first-order valence-electron chi connectivity index (χ1n) is 7.85. The second kappa shape index (κ2) is 5.54. The van der Waals surface area contributed by atoms with Gasteiger partial charge in [0.1, 0.15) is 5.60 Å². The summed E-state index contributed by atoms with van der Waals surface area (Å²) in [6.07, 6.45) is 7.25. The lowest BCUT2D eigenvalue weighted by Crippen LogP contribution is -2.39. The second-order valence-corrected chi connectivity index (χ2v) is 7.34. The Hall–Kier alpha value is -0.780. The van der Waals surface area contributed by atoms with Gasteiger partial charge in [0.2, 0.25) is 0 Å². The van der Waals surface area contributed by atoms with Crippen molar-refractivity contribution in [3.63, 3.8) is 0 Å². The van der Waals surface area contributed by atoms with Crippen molar-refractivity contribution in [2.24, 2.45) is 17.3 Å². The van der Waals surface area contributed by atoms with Crippen LogP contribution in [0.5, 0.6) is 0 Å². The van der Waals surface area contributed by atoms with E-state index in [1.165, 1.54) is 12.0 Å². The molecule has 0 bridgehead atoms. The average Bonchev–Trinajstić information content (AvgIpc) is 2.66. The lowest BCUT2D eigenvalue weighted by molar-refractivity contribution is 0.00809. The van der Waals surface area contributed by atoms with E-state index in [0.717, 1.165) is 25.7 Å². The molecule has 2 N–H and O–H groups in total. The van der Waals surface area contributed by atoms with Crippen LogP contribution in [-0.4, -0.2) is 21.9 Å². The van der Waals surface area contributed by atoms with E-state index >= 15 is 0 Å². The van der Waals surface area contributed by atoms with Crippen molar-refractivity contribution >= 4 is 0 Å². The summed E-state index contributed by atoms with van der Waals surface area (Å²) in [6, 6.07) is 0. The van der Waals surface area contributed by atoms with Gasteiger partial charge in [0.05, 0.1) is 6.10 Å². The van der Waals surface area contributed by atoms with E-state index in [9.17, 15) is 10.2 Å². The summed E-state index contributed by atoms with van der Waals surface area (Å²) in [6.45, 7) is 7.97. The van der Waals surface area contributed by atoms with Gasteiger partial charge in [-0.15, -0.1) is 0 Å². The summed E-state index contributed by atoms with van der Waals surface area (Å²) in [5.74, 6) is 6.83. The molecule has 2 aliphatic carbocycles. The van der Waals surface area contributed by atoms with Crippen molar-refractivity contribution in [3.05, 3.63) is 11.6 Å². The van der Waals surface area contributed by atoms with Gasteiger partial charge in [0, 0.05) is 6.42 Å². The van der Waals surface area contributed by atoms with Crippen molar-refractivity contribution in [3.8, 4) is 11.8 Å². The van der Waals surface area contributed by atoms with E-state index in [1.54, 1.807) is 13.8 Å². The molecule has 112 valence electrons. The molecule has 2 aliphatic rings. The van der Waals surface area contributed by atoms with Crippen LogP contribution in [-0.2, 0) is 0 Å². The topological polar surface area (TPSA) is 40.5 Å². The zero-order valence-electron chi connectivity index (χ0n) is 13.2. The number of fused-ring (bicyclic) bond motifs is 1. The third kappa shape index (κ3) is 3.10. The first-order chi connectivity index (χ1) is 9.24. The minimum Gasteiger partial charge on any atom is -0.393 e. The highest BCUT2D eigenvalue weighted by atomic mass is 16.3. The molecular weight excluding hydrogens is 248 g/mol. The van der Waals surface area contributed by atoms with E-state index in [4.69, 9.17) is 0 Å². The Morgan fingerprint density at radius 3 is 2.85 bits per heavy atom. The van der Waals surface area contributed by atoms with Gasteiger partial charge in [-0.25, -0.2) is 0 Å². The Morgan fingerprint density at radius 1 is 1.50 bits per heavy atom. The maximum Gasteiger partial charge on any atom is 0.119 e. The molecule has 0 amide bonds. The summed E-state index contributed by atoms with van der Waals surface area (Å²) < 4.78 is 0. The Morgan fingerprint density at radius 2 is 2.20 bits per heavy atom. The highest BCUT2D eigenvalue weighted by Gasteiger charge is 2.47. The molecule has 2 nitrogen and oxygen atoms in total. The van der Waals surface area contributed by atoms with Crippen LogP contribution >= 0.6 is 0 Å². The predicted octanol–water partition coefficient (Wildman–Crippen LogP) is 3.28. The normalized spacial score (nSPS) is 34.8. The fourth-order valence-corrected chi connectivity index (χ4v) is 4.05. The van der Waals surface area contributed by atoms with Crippen LogP contribution in [0, 0.1) is 29.1 Å². The van der Waals surface area contributed by atoms with Crippen LogP contribution in [0.4, 0.5) is 0 Å². The summed E-state index contributed by atoms with van der Waals surface area (Å²) >= 11 is 0. The lowest BCUT2D eigenvalue weighted by Gasteiger charge is -2.43. The maximum absolute atomic E-state index is 10.2. The van der Waals surface area contributed by atoms with Crippen molar-refractivity contribution < 1.29 is 10.2 Å². The quantitative estimate of drug-likeness (QED) is 0.600. The maximum atomic E-state index is 10.2. The van der Waals surface area contributed by atoms with Gasteiger partial charge in [0.15, 0.2) is 0 Å². The van der Waals surface area contributed by atoms with Gasteiger partial charge in [-0.1, -0.05) is 37.3 Å². The van der Waals surface area contributed by atoms with E-state index in [0.29, 0.717) is 11.8 Å². The highest BCUT2D eigenvalue weighted by Crippen LogP contribution is 2.54. The predicted molar refractivity (Wildman–Crippen MR) is 82.0 cm³/mol. The number of aliphatic hydroxyl groups excluding tert-OH is 1. The summed E-state index contributed by atoms with van der Waals surface area (Å²) in [5.41, 5.74) is 0.733. The van der Waals surface area contributed by atoms with Crippen LogP contribution in [0.2, 0.25) is 0 Å². The zero-order valence-corrected chi connectivity index (χ0v) is 13.2. The highest BCUT2D eigenvalue weighted by molar-refractivity contribution is 5.27. The number of hydrogen-bond donors (Lipinski definition) is 2. The third-order valence-electron chi connectivity index (χ3n) is 5.06. The van der Waals surface area contributed by atoms with Crippen LogP contribution in [0.1, 0.15) is 59.8 Å². The molecular formula is C18H28O2. The van der Waals surface area contributed by atoms with Crippen molar-refractivity contribution in [1.29, 1.82) is 0 Å². The summed E-state index contributed by atoms with van der Waals surface area (Å²) in [7, 11) is 0. The van der Waals surface area contributed by atoms with Gasteiger partial charge < -0.3 is 10.2 Å². The second-order valence-electron chi connectivity index (χ2n) is 7.34. The van der Waals surface area contributed by atoms with E-state index in [-0.39, 0.29) is 11.5 Å². The molecule has 2 heteroatoms. The molecule has 0 radical (unpaired) electrons. The Labute approximate surface area is 123 Å². The molecule has 0 saturated heterocycles. The average molecular weight is 276 g/mol. The first-order valence-corrected chi connectivity index (χ1v) is 7.85. The molecule has 0 aliphatic heterocycles. The molecule has 20 heavy (non-hydrogen) atoms.